The van der Waals surface area contributed by atoms with Crippen molar-refractivity contribution < 1.29 is 13.6 Å². The summed E-state index contributed by atoms with van der Waals surface area (Å²) in [5.74, 6) is 0. The van der Waals surface area contributed by atoms with E-state index in [4.69, 9.17) is 0 Å². The maximum absolute atomic E-state index is 12.4. The summed E-state index contributed by atoms with van der Waals surface area (Å²) in [6.45, 7) is 1.45. The van der Waals surface area contributed by atoms with E-state index in [1.165, 1.54) is 16.2 Å². The zero-order chi connectivity index (χ0) is 13.1. The molecule has 1 saturated carbocycles. The molecule has 1 aliphatic rings. The second kappa shape index (κ2) is 5.60. The van der Waals surface area contributed by atoms with Crippen molar-refractivity contribution in [3.8, 4) is 0 Å². The van der Waals surface area contributed by atoms with Gasteiger partial charge in [-0.1, -0.05) is 6.92 Å². The summed E-state index contributed by atoms with van der Waals surface area (Å²) in [7, 11) is 0. The van der Waals surface area contributed by atoms with Crippen molar-refractivity contribution in [1.29, 1.82) is 0 Å². The van der Waals surface area contributed by atoms with Crippen LogP contribution in [0, 0.1) is 0 Å². The lowest BCUT2D eigenvalue weighted by molar-refractivity contribution is 0.0994. The van der Waals surface area contributed by atoms with E-state index in [0.717, 1.165) is 25.0 Å². The molecule has 2 amide bonds. The van der Waals surface area contributed by atoms with Crippen LogP contribution in [0.25, 0.3) is 0 Å². The van der Waals surface area contributed by atoms with E-state index in [9.17, 15) is 13.6 Å². The molecule has 1 fully saturated rings. The molecule has 0 saturated heterocycles. The molecule has 0 radical (unpaired) electrons. The van der Waals surface area contributed by atoms with E-state index in [-0.39, 0.29) is 6.04 Å². The van der Waals surface area contributed by atoms with Gasteiger partial charge >= 0.3 is 6.03 Å². The number of thiazole rings is 1. The molecule has 1 aromatic heterocycles. The van der Waals surface area contributed by atoms with Gasteiger partial charge in [-0.25, -0.2) is 18.6 Å². The molecular weight excluding hydrogens is 260 g/mol. The highest BCUT2D eigenvalue weighted by Gasteiger charge is 2.34. The number of carbonyl (C=O) groups is 1. The molecule has 0 bridgehead atoms. The lowest BCUT2D eigenvalue weighted by Gasteiger charge is -2.21. The van der Waals surface area contributed by atoms with Gasteiger partial charge in [0.1, 0.15) is 0 Å². The van der Waals surface area contributed by atoms with Crippen molar-refractivity contribution in [2.75, 3.05) is 11.9 Å². The summed E-state index contributed by atoms with van der Waals surface area (Å²) in [5, 5.41) is 4.91. The molecule has 2 rings (SSSR count). The monoisotopic (exact) mass is 275 g/mol. The summed E-state index contributed by atoms with van der Waals surface area (Å²) in [5.41, 5.74) is 0.891. The van der Waals surface area contributed by atoms with Crippen molar-refractivity contribution in [2.45, 2.75) is 38.7 Å². The maximum atomic E-state index is 12.4. The highest BCUT2D eigenvalue weighted by molar-refractivity contribution is 7.13. The minimum Gasteiger partial charge on any atom is -0.316 e. The number of aromatic nitrogens is 1. The zero-order valence-corrected chi connectivity index (χ0v) is 10.8. The zero-order valence-electron chi connectivity index (χ0n) is 10.0. The molecule has 1 aliphatic carbocycles. The minimum absolute atomic E-state index is 0.0374. The Bertz CT molecular complexity index is 420. The van der Waals surface area contributed by atoms with Crippen LogP contribution in [0.1, 0.15) is 25.5 Å². The van der Waals surface area contributed by atoms with Crippen molar-refractivity contribution in [3.05, 3.63) is 11.1 Å². The van der Waals surface area contributed by atoms with Gasteiger partial charge in [0.25, 0.3) is 6.43 Å². The molecule has 0 unspecified atom stereocenters. The van der Waals surface area contributed by atoms with Crippen molar-refractivity contribution in [1.82, 2.24) is 9.88 Å². The molecule has 7 heteroatoms. The van der Waals surface area contributed by atoms with Crippen LogP contribution in [0.5, 0.6) is 0 Å². The van der Waals surface area contributed by atoms with Gasteiger partial charge in [-0.2, -0.15) is 0 Å². The Hall–Kier alpha value is -1.24. The van der Waals surface area contributed by atoms with E-state index in [2.05, 4.69) is 10.3 Å². The summed E-state index contributed by atoms with van der Waals surface area (Å²) in [4.78, 5) is 17.3. The lowest BCUT2D eigenvalue weighted by atomic mass is 10.4. The van der Waals surface area contributed by atoms with Crippen LogP contribution < -0.4 is 5.32 Å². The van der Waals surface area contributed by atoms with Gasteiger partial charge in [-0.3, -0.25) is 5.32 Å². The average Bonchev–Trinajstić information content (AvgIpc) is 3.06. The first-order chi connectivity index (χ1) is 8.60. The standard InChI is InChI=1S/C11H15F2N3OS/c1-2-7-6-18-10(14-7)15-11(17)16(5-9(12)13)8-3-4-8/h6,8-9H,2-5H2,1H3,(H,14,15,17). The Balaban J connectivity index is 1.95. The van der Waals surface area contributed by atoms with Crippen LogP contribution in [0.15, 0.2) is 5.38 Å². The molecule has 1 heterocycles. The normalized spacial score (nSPS) is 14.9. The Kier molecular flexibility index (Phi) is 4.11. The number of urea groups is 1. The quantitative estimate of drug-likeness (QED) is 0.898. The molecule has 0 spiro atoms. The highest BCUT2D eigenvalue weighted by Crippen LogP contribution is 2.28. The van der Waals surface area contributed by atoms with Crippen LogP contribution in [-0.2, 0) is 6.42 Å². The van der Waals surface area contributed by atoms with Gasteiger partial charge in [0.15, 0.2) is 5.13 Å². The SMILES string of the molecule is CCc1csc(NC(=O)N(CC(F)F)C2CC2)n1. The third-order valence-corrected chi connectivity index (χ3v) is 3.52. The van der Waals surface area contributed by atoms with Gasteiger partial charge in [0.05, 0.1) is 12.2 Å². The Morgan fingerprint density at radius 1 is 1.67 bits per heavy atom. The van der Waals surface area contributed by atoms with Gasteiger partial charge in [-0.15, -0.1) is 11.3 Å². The van der Waals surface area contributed by atoms with E-state index >= 15 is 0 Å². The fourth-order valence-electron chi connectivity index (χ4n) is 1.62. The molecule has 4 nitrogen and oxygen atoms in total. The largest absolute Gasteiger partial charge is 0.324 e. The highest BCUT2D eigenvalue weighted by atomic mass is 32.1. The van der Waals surface area contributed by atoms with Crippen LogP contribution in [-0.4, -0.2) is 34.9 Å². The van der Waals surface area contributed by atoms with Gasteiger partial charge in [-0.05, 0) is 19.3 Å². The van der Waals surface area contributed by atoms with Gasteiger partial charge < -0.3 is 4.90 Å². The number of anilines is 1. The molecular formula is C11H15F2N3OS. The first-order valence-corrected chi connectivity index (χ1v) is 6.78. The number of carbonyl (C=O) groups excluding carboxylic acids is 1. The smallest absolute Gasteiger partial charge is 0.316 e. The van der Waals surface area contributed by atoms with Crippen molar-refractivity contribution in [3.63, 3.8) is 0 Å². The number of nitrogens with zero attached hydrogens (tertiary/aromatic N) is 2. The number of amides is 2. The number of hydrogen-bond acceptors (Lipinski definition) is 3. The molecule has 0 aromatic carbocycles. The lowest BCUT2D eigenvalue weighted by Crippen LogP contribution is -2.39. The molecule has 1 aromatic rings. The van der Waals surface area contributed by atoms with Gasteiger partial charge in [0.2, 0.25) is 0 Å². The topological polar surface area (TPSA) is 45.2 Å². The van der Waals surface area contributed by atoms with Crippen LogP contribution in [0.4, 0.5) is 18.7 Å². The number of halogens is 2. The number of rotatable bonds is 5. The van der Waals surface area contributed by atoms with E-state index < -0.39 is 19.0 Å². The summed E-state index contributed by atoms with van der Waals surface area (Å²) < 4.78 is 24.8. The Labute approximate surface area is 108 Å². The number of nitrogens with one attached hydrogen (secondary N) is 1. The van der Waals surface area contributed by atoms with Crippen molar-refractivity contribution >= 4 is 22.5 Å². The second-order valence-corrected chi connectivity index (χ2v) is 5.06. The number of alkyl halides is 2. The molecule has 0 atom stereocenters. The minimum atomic E-state index is -2.50. The molecule has 18 heavy (non-hydrogen) atoms. The third-order valence-electron chi connectivity index (χ3n) is 2.71. The van der Waals surface area contributed by atoms with Gasteiger partial charge in [0, 0.05) is 11.4 Å². The van der Waals surface area contributed by atoms with E-state index in [1.54, 1.807) is 0 Å². The second-order valence-electron chi connectivity index (χ2n) is 4.20. The third kappa shape index (κ3) is 3.38. The predicted molar refractivity (Wildman–Crippen MR) is 66.2 cm³/mol. The maximum Gasteiger partial charge on any atom is 0.324 e. The summed E-state index contributed by atoms with van der Waals surface area (Å²) in [6, 6.07) is -0.514. The number of aryl methyl sites for hydroxylation is 1. The van der Waals surface area contributed by atoms with Crippen molar-refractivity contribution in [2.24, 2.45) is 0 Å². The average molecular weight is 275 g/mol. The molecule has 1 N–H and O–H groups in total. The predicted octanol–water partition coefficient (Wildman–Crippen LogP) is 2.97. The van der Waals surface area contributed by atoms with Crippen LogP contribution in [0.2, 0.25) is 0 Å². The fourth-order valence-corrected chi connectivity index (χ4v) is 2.41. The number of hydrogen-bond donors (Lipinski definition) is 1. The Morgan fingerprint density at radius 3 is 2.89 bits per heavy atom. The van der Waals surface area contributed by atoms with Crippen LogP contribution >= 0.6 is 11.3 Å². The fraction of sp³-hybridized carbons (Fsp3) is 0.636. The summed E-state index contributed by atoms with van der Waals surface area (Å²) >= 11 is 1.31. The Morgan fingerprint density at radius 2 is 2.39 bits per heavy atom. The first-order valence-electron chi connectivity index (χ1n) is 5.90. The van der Waals surface area contributed by atoms with E-state index in [1.807, 2.05) is 12.3 Å². The van der Waals surface area contributed by atoms with E-state index in [0.29, 0.717) is 5.13 Å². The summed E-state index contributed by atoms with van der Waals surface area (Å²) in [6.07, 6.45) is -0.106. The molecule has 100 valence electrons. The first kappa shape index (κ1) is 13.2. The van der Waals surface area contributed by atoms with Crippen LogP contribution in [0.3, 0.4) is 0 Å². The molecule has 0 aliphatic heterocycles.